The quantitative estimate of drug-likeness (QED) is 0.195. The third kappa shape index (κ3) is 6.29. The molecule has 0 saturated carbocycles. The second kappa shape index (κ2) is 13.0. The van der Waals surface area contributed by atoms with E-state index in [0.29, 0.717) is 27.2 Å². The molecule has 0 bridgehead atoms. The Morgan fingerprint density at radius 1 is 1.13 bits per heavy atom. The molecule has 1 aromatic heterocycles. The largest absolute Gasteiger partial charge is 0.494 e. The normalized spacial score (nSPS) is 15.3. The Kier molecular flexibility index (Phi) is 9.27. The van der Waals surface area contributed by atoms with Crippen molar-refractivity contribution >= 4 is 29.5 Å². The van der Waals surface area contributed by atoms with E-state index in [2.05, 4.69) is 18.5 Å². The van der Waals surface area contributed by atoms with Gasteiger partial charge in [-0.2, -0.15) is 0 Å². The van der Waals surface area contributed by atoms with Crippen LogP contribution >= 0.6 is 11.3 Å². The van der Waals surface area contributed by atoms with Crippen molar-refractivity contribution in [2.75, 3.05) is 13.2 Å². The van der Waals surface area contributed by atoms with E-state index in [1.807, 2.05) is 66.7 Å². The first kappa shape index (κ1) is 27.1. The van der Waals surface area contributed by atoms with Gasteiger partial charge in [0.05, 0.1) is 28.5 Å². The fourth-order valence-corrected chi connectivity index (χ4v) is 5.22. The van der Waals surface area contributed by atoms with Crippen molar-refractivity contribution in [1.82, 2.24) is 4.57 Å². The van der Waals surface area contributed by atoms with E-state index in [9.17, 15) is 9.59 Å². The monoisotopic (exact) mass is 528 g/mol. The minimum atomic E-state index is -0.669. The number of thiazole rings is 1. The molecule has 6 nitrogen and oxygen atoms in total. The summed E-state index contributed by atoms with van der Waals surface area (Å²) in [6.45, 7) is 8.28. The first-order valence-corrected chi connectivity index (χ1v) is 13.6. The topological polar surface area (TPSA) is 69.9 Å². The van der Waals surface area contributed by atoms with E-state index in [0.717, 1.165) is 36.1 Å². The van der Waals surface area contributed by atoms with Crippen LogP contribution in [-0.4, -0.2) is 23.8 Å². The summed E-state index contributed by atoms with van der Waals surface area (Å²) in [6.07, 6.45) is 10.3. The minimum absolute atomic E-state index is 0.0710. The molecule has 1 atom stereocenters. The number of hydrogen-bond donors (Lipinski definition) is 0. The van der Waals surface area contributed by atoms with Crippen molar-refractivity contribution in [3.05, 3.63) is 115 Å². The van der Waals surface area contributed by atoms with Crippen LogP contribution in [0.15, 0.2) is 94.4 Å². The highest BCUT2D eigenvalue weighted by Crippen LogP contribution is 2.31. The zero-order valence-corrected chi connectivity index (χ0v) is 22.6. The Morgan fingerprint density at radius 2 is 1.89 bits per heavy atom. The summed E-state index contributed by atoms with van der Waals surface area (Å²) in [6, 6.07) is 16.7. The zero-order chi connectivity index (χ0) is 26.9. The first-order chi connectivity index (χ1) is 18.5. The Balaban J connectivity index is 1.74. The molecule has 1 unspecified atom stereocenters. The molecular formula is C31H32N2O4S. The van der Waals surface area contributed by atoms with Crippen LogP contribution in [0.5, 0.6) is 5.75 Å². The fourth-order valence-electron chi connectivity index (χ4n) is 4.22. The van der Waals surface area contributed by atoms with Gasteiger partial charge in [0.25, 0.3) is 5.56 Å². The molecule has 0 amide bonds. The number of unbranched alkanes of at least 4 members (excludes halogenated alkanes) is 2. The molecule has 2 heterocycles. The molecule has 0 saturated heterocycles. The van der Waals surface area contributed by atoms with E-state index >= 15 is 0 Å². The van der Waals surface area contributed by atoms with Crippen molar-refractivity contribution in [2.45, 2.75) is 39.2 Å². The highest BCUT2D eigenvalue weighted by Gasteiger charge is 2.33. The number of allylic oxidation sites excluding steroid dienone is 2. The van der Waals surface area contributed by atoms with Gasteiger partial charge >= 0.3 is 5.97 Å². The predicted octanol–water partition coefficient (Wildman–Crippen LogP) is 5.20. The molecule has 7 heteroatoms. The summed E-state index contributed by atoms with van der Waals surface area (Å²) in [5.74, 6) is 0.231. The number of benzene rings is 2. The maximum absolute atomic E-state index is 13.6. The molecular weight excluding hydrogens is 496 g/mol. The summed E-state index contributed by atoms with van der Waals surface area (Å²) in [4.78, 5) is 31.9. The molecule has 38 heavy (non-hydrogen) atoms. The van der Waals surface area contributed by atoms with Gasteiger partial charge in [0, 0.05) is 0 Å². The number of esters is 1. The number of ether oxygens (including phenoxy) is 2. The Bertz CT molecular complexity index is 1510. The minimum Gasteiger partial charge on any atom is -0.494 e. The van der Waals surface area contributed by atoms with Gasteiger partial charge in [-0.05, 0) is 42.7 Å². The molecule has 196 valence electrons. The average molecular weight is 529 g/mol. The molecule has 2 aromatic carbocycles. The van der Waals surface area contributed by atoms with Gasteiger partial charge in [0.1, 0.15) is 12.4 Å². The summed E-state index contributed by atoms with van der Waals surface area (Å²) >= 11 is 1.30. The number of nitrogens with zero attached hydrogens (tertiary/aromatic N) is 2. The zero-order valence-electron chi connectivity index (χ0n) is 21.8. The number of hydrogen-bond acceptors (Lipinski definition) is 6. The van der Waals surface area contributed by atoms with E-state index in [-0.39, 0.29) is 12.2 Å². The maximum Gasteiger partial charge on any atom is 0.338 e. The third-order valence-corrected chi connectivity index (χ3v) is 7.12. The highest BCUT2D eigenvalue weighted by molar-refractivity contribution is 7.07. The van der Waals surface area contributed by atoms with Crippen LogP contribution in [0.1, 0.15) is 50.3 Å². The molecule has 0 spiro atoms. The van der Waals surface area contributed by atoms with E-state index in [4.69, 9.17) is 9.47 Å². The summed E-state index contributed by atoms with van der Waals surface area (Å²) in [5, 5.41) is 0. The SMILES string of the molecule is C=CCOC(=O)C1=C(C)N=c2sc(=CC=Cc3ccccc3)c(=O)n2C1c1ccc(OCCCCC)cc1. The van der Waals surface area contributed by atoms with Crippen LogP contribution in [-0.2, 0) is 9.53 Å². The van der Waals surface area contributed by atoms with Crippen LogP contribution in [0.4, 0.5) is 0 Å². The lowest BCUT2D eigenvalue weighted by Crippen LogP contribution is -2.39. The number of carbonyl (C=O) groups excluding carboxylic acids is 1. The van der Waals surface area contributed by atoms with Crippen molar-refractivity contribution in [2.24, 2.45) is 4.99 Å². The molecule has 1 aliphatic rings. The lowest BCUT2D eigenvalue weighted by molar-refractivity contribution is -0.138. The van der Waals surface area contributed by atoms with Gasteiger partial charge in [0.2, 0.25) is 0 Å². The van der Waals surface area contributed by atoms with Crippen molar-refractivity contribution in [1.29, 1.82) is 0 Å². The highest BCUT2D eigenvalue weighted by atomic mass is 32.1. The molecule has 0 fully saturated rings. The summed E-state index contributed by atoms with van der Waals surface area (Å²) in [5.41, 5.74) is 2.46. The van der Waals surface area contributed by atoms with Crippen molar-refractivity contribution in [3.8, 4) is 5.75 Å². The standard InChI is InChI=1S/C31H32N2O4S/c1-4-6-10-21-36-25-18-16-24(17-19-25)28-27(30(35)37-20-5-2)22(3)32-31-33(28)29(34)26(38-31)15-11-14-23-12-8-7-9-13-23/h5,7-9,11-19,28H,2,4,6,10,20-21H2,1,3H3. The van der Waals surface area contributed by atoms with Gasteiger partial charge in [-0.25, -0.2) is 9.79 Å². The van der Waals surface area contributed by atoms with Gasteiger partial charge in [-0.1, -0.05) is 98.4 Å². The van der Waals surface area contributed by atoms with E-state index < -0.39 is 12.0 Å². The predicted molar refractivity (Wildman–Crippen MR) is 153 cm³/mol. The number of rotatable bonds is 11. The number of carbonyl (C=O) groups is 1. The second-order valence-corrected chi connectivity index (χ2v) is 9.89. The van der Waals surface area contributed by atoms with Crippen LogP contribution in [0.3, 0.4) is 0 Å². The summed E-state index contributed by atoms with van der Waals surface area (Å²) in [7, 11) is 0. The van der Waals surface area contributed by atoms with Gasteiger partial charge in [-0.3, -0.25) is 9.36 Å². The van der Waals surface area contributed by atoms with Gasteiger partial charge in [0.15, 0.2) is 4.80 Å². The van der Waals surface area contributed by atoms with Crippen LogP contribution in [0.2, 0.25) is 0 Å². The maximum atomic E-state index is 13.6. The Morgan fingerprint density at radius 3 is 2.61 bits per heavy atom. The lowest BCUT2D eigenvalue weighted by Gasteiger charge is -2.24. The number of aromatic nitrogens is 1. The van der Waals surface area contributed by atoms with Gasteiger partial charge < -0.3 is 9.47 Å². The molecule has 3 aromatic rings. The van der Waals surface area contributed by atoms with Crippen LogP contribution in [0.25, 0.3) is 12.2 Å². The van der Waals surface area contributed by atoms with Crippen LogP contribution < -0.4 is 19.6 Å². The molecule has 1 aliphatic heterocycles. The van der Waals surface area contributed by atoms with Crippen LogP contribution in [0, 0.1) is 0 Å². The smallest absolute Gasteiger partial charge is 0.338 e. The Labute approximate surface area is 226 Å². The molecule has 0 radical (unpaired) electrons. The van der Waals surface area contributed by atoms with E-state index in [1.165, 1.54) is 17.4 Å². The van der Waals surface area contributed by atoms with E-state index in [1.54, 1.807) is 17.6 Å². The third-order valence-electron chi connectivity index (χ3n) is 6.12. The lowest BCUT2D eigenvalue weighted by atomic mass is 9.96. The average Bonchev–Trinajstić information content (AvgIpc) is 3.24. The molecule has 0 aliphatic carbocycles. The fraction of sp³-hybridized carbons (Fsp3) is 0.258. The van der Waals surface area contributed by atoms with Gasteiger partial charge in [-0.15, -0.1) is 0 Å². The van der Waals surface area contributed by atoms with Crippen molar-refractivity contribution in [3.63, 3.8) is 0 Å². The van der Waals surface area contributed by atoms with Crippen molar-refractivity contribution < 1.29 is 14.3 Å². The molecule has 0 N–H and O–H groups in total. The first-order valence-electron chi connectivity index (χ1n) is 12.8. The number of fused-ring (bicyclic) bond motifs is 1. The second-order valence-electron chi connectivity index (χ2n) is 8.89. The summed E-state index contributed by atoms with van der Waals surface area (Å²) < 4.78 is 13.4. The Hall–Kier alpha value is -3.97. The molecule has 4 rings (SSSR count).